The number of aryl methyl sites for hydroxylation is 1. The molecule has 0 aromatic heterocycles. The maximum absolute atomic E-state index is 12.2. The molecule has 1 aliphatic heterocycles. The normalized spacial score (nSPS) is 12.9. The zero-order valence-corrected chi connectivity index (χ0v) is 13.2. The molecule has 1 aliphatic rings. The average molecular weight is 339 g/mol. The van der Waals surface area contributed by atoms with Crippen molar-refractivity contribution in [2.24, 2.45) is 0 Å². The fraction of sp³-hybridized carbons (Fsp3) is 0.118. The lowest BCUT2D eigenvalue weighted by atomic mass is 10.1. The lowest BCUT2D eigenvalue weighted by Crippen LogP contribution is -2.37. The van der Waals surface area contributed by atoms with E-state index in [1.165, 1.54) is 24.3 Å². The fourth-order valence-corrected chi connectivity index (χ4v) is 2.61. The molecule has 0 aliphatic carbocycles. The number of hydrogen-bond acceptors (Lipinski definition) is 5. The number of amides is 3. The van der Waals surface area contributed by atoms with Crippen LogP contribution in [0.5, 0.6) is 0 Å². The van der Waals surface area contributed by atoms with Crippen molar-refractivity contribution in [2.45, 2.75) is 6.92 Å². The first-order chi connectivity index (χ1) is 11.9. The van der Waals surface area contributed by atoms with Crippen LogP contribution in [-0.4, -0.2) is 34.1 Å². The van der Waals surface area contributed by atoms with Gasteiger partial charge >= 0.3 is 0 Å². The Bertz CT molecular complexity index is 887. The zero-order chi connectivity index (χ0) is 18.1. The third-order valence-electron chi connectivity index (χ3n) is 3.80. The van der Waals surface area contributed by atoms with Crippen LogP contribution in [0.3, 0.4) is 0 Å². The number of nitrogens with zero attached hydrogens (tertiary/aromatic N) is 2. The molecule has 0 fully saturated rings. The maximum Gasteiger partial charge on any atom is 0.293 e. The number of fused-ring (bicyclic) bond motifs is 1. The van der Waals surface area contributed by atoms with Crippen LogP contribution in [0.15, 0.2) is 42.5 Å². The summed E-state index contributed by atoms with van der Waals surface area (Å²) in [4.78, 5) is 48.0. The Hall–Kier alpha value is -3.55. The molecule has 8 nitrogen and oxygen atoms in total. The van der Waals surface area contributed by atoms with Gasteiger partial charge in [-0.05, 0) is 30.7 Å². The summed E-state index contributed by atoms with van der Waals surface area (Å²) in [5.41, 5.74) is 0.904. The molecule has 3 rings (SSSR count). The first-order valence-electron chi connectivity index (χ1n) is 7.38. The van der Waals surface area contributed by atoms with Crippen LogP contribution >= 0.6 is 0 Å². The Balaban J connectivity index is 1.78. The molecule has 25 heavy (non-hydrogen) atoms. The van der Waals surface area contributed by atoms with Gasteiger partial charge in [-0.3, -0.25) is 29.4 Å². The molecule has 0 unspecified atom stereocenters. The van der Waals surface area contributed by atoms with Gasteiger partial charge in [0.05, 0.1) is 16.1 Å². The number of nitro benzene ring substituents is 1. The predicted molar refractivity (Wildman–Crippen MR) is 88.3 cm³/mol. The lowest BCUT2D eigenvalue weighted by Gasteiger charge is -2.13. The third kappa shape index (κ3) is 2.97. The number of rotatable bonds is 4. The molecule has 2 aromatic rings. The van der Waals surface area contributed by atoms with Crippen LogP contribution in [0, 0.1) is 17.0 Å². The van der Waals surface area contributed by atoms with E-state index in [1.54, 1.807) is 25.1 Å². The van der Waals surface area contributed by atoms with Crippen molar-refractivity contribution in [3.63, 3.8) is 0 Å². The Kier molecular flexibility index (Phi) is 4.02. The molecule has 126 valence electrons. The van der Waals surface area contributed by atoms with E-state index in [0.29, 0.717) is 5.56 Å². The highest BCUT2D eigenvalue weighted by atomic mass is 16.6. The number of carbonyl (C=O) groups is 3. The first-order valence-corrected chi connectivity index (χ1v) is 7.38. The third-order valence-corrected chi connectivity index (χ3v) is 3.80. The first kappa shape index (κ1) is 16.3. The Labute approximate surface area is 142 Å². The molecular weight excluding hydrogens is 326 g/mol. The summed E-state index contributed by atoms with van der Waals surface area (Å²) in [6, 6.07) is 10.6. The number of nitrogens with one attached hydrogen (secondary N) is 1. The molecule has 0 atom stereocenters. The number of benzene rings is 2. The number of hydrogen-bond donors (Lipinski definition) is 1. The molecule has 0 spiro atoms. The van der Waals surface area contributed by atoms with Gasteiger partial charge < -0.3 is 5.32 Å². The fourth-order valence-electron chi connectivity index (χ4n) is 2.61. The number of carbonyl (C=O) groups excluding carboxylic acids is 3. The minimum absolute atomic E-state index is 0.0113. The van der Waals surface area contributed by atoms with Gasteiger partial charge in [0.25, 0.3) is 17.5 Å². The molecule has 3 amide bonds. The van der Waals surface area contributed by atoms with E-state index in [2.05, 4.69) is 5.32 Å². The average Bonchev–Trinajstić information content (AvgIpc) is 2.82. The summed E-state index contributed by atoms with van der Waals surface area (Å²) in [5, 5.41) is 13.5. The van der Waals surface area contributed by atoms with Crippen LogP contribution in [0.25, 0.3) is 0 Å². The van der Waals surface area contributed by atoms with Gasteiger partial charge in [0.1, 0.15) is 12.2 Å². The van der Waals surface area contributed by atoms with E-state index in [9.17, 15) is 24.5 Å². The molecule has 1 heterocycles. The standard InChI is InChI=1S/C17H13N3O5/c1-10-6-7-13(14(8-10)20(24)25)18-15(21)9-19-16(22)11-4-2-3-5-12(11)17(19)23/h2-8H,9H2,1H3,(H,18,21). The van der Waals surface area contributed by atoms with Crippen LogP contribution in [0.2, 0.25) is 0 Å². The highest BCUT2D eigenvalue weighted by Crippen LogP contribution is 2.26. The van der Waals surface area contributed by atoms with E-state index in [0.717, 1.165) is 4.90 Å². The molecule has 1 N–H and O–H groups in total. The predicted octanol–water partition coefficient (Wildman–Crippen LogP) is 2.14. The van der Waals surface area contributed by atoms with Crippen LogP contribution < -0.4 is 5.32 Å². The minimum atomic E-state index is -0.693. The summed E-state index contributed by atoms with van der Waals surface area (Å²) >= 11 is 0. The minimum Gasteiger partial charge on any atom is -0.319 e. The van der Waals surface area contributed by atoms with Crippen LogP contribution in [0.1, 0.15) is 26.3 Å². The van der Waals surface area contributed by atoms with Gasteiger partial charge in [-0.15, -0.1) is 0 Å². The molecule has 0 radical (unpaired) electrons. The maximum atomic E-state index is 12.2. The smallest absolute Gasteiger partial charge is 0.293 e. The molecule has 0 saturated carbocycles. The van der Waals surface area contributed by atoms with Gasteiger partial charge in [0.15, 0.2) is 0 Å². The van der Waals surface area contributed by atoms with Crippen molar-refractivity contribution in [1.82, 2.24) is 4.90 Å². The van der Waals surface area contributed by atoms with Crippen LogP contribution in [0.4, 0.5) is 11.4 Å². The Morgan fingerprint density at radius 1 is 1.12 bits per heavy atom. The van der Waals surface area contributed by atoms with E-state index < -0.39 is 29.2 Å². The number of nitro groups is 1. The zero-order valence-electron chi connectivity index (χ0n) is 13.2. The second kappa shape index (κ2) is 6.16. The van der Waals surface area contributed by atoms with Gasteiger partial charge in [-0.2, -0.15) is 0 Å². The van der Waals surface area contributed by atoms with Gasteiger partial charge in [-0.25, -0.2) is 0 Å². The SMILES string of the molecule is Cc1ccc(NC(=O)CN2C(=O)c3ccccc3C2=O)c([N+](=O)[O-])c1. The van der Waals surface area contributed by atoms with E-state index in [4.69, 9.17) is 0 Å². The Morgan fingerprint density at radius 3 is 2.28 bits per heavy atom. The van der Waals surface area contributed by atoms with E-state index >= 15 is 0 Å². The summed E-state index contributed by atoms with van der Waals surface area (Å²) in [6.07, 6.45) is 0. The molecule has 0 saturated heterocycles. The summed E-state index contributed by atoms with van der Waals surface area (Å²) in [5.74, 6) is -1.82. The second-order valence-corrected chi connectivity index (χ2v) is 5.57. The second-order valence-electron chi connectivity index (χ2n) is 5.57. The highest BCUT2D eigenvalue weighted by molar-refractivity contribution is 6.22. The summed E-state index contributed by atoms with van der Waals surface area (Å²) in [6.45, 7) is 1.18. The lowest BCUT2D eigenvalue weighted by molar-refractivity contribution is -0.384. The molecular formula is C17H13N3O5. The molecule has 0 bridgehead atoms. The monoisotopic (exact) mass is 339 g/mol. The number of anilines is 1. The van der Waals surface area contributed by atoms with Crippen molar-refractivity contribution >= 4 is 29.1 Å². The van der Waals surface area contributed by atoms with Crippen molar-refractivity contribution < 1.29 is 19.3 Å². The topological polar surface area (TPSA) is 110 Å². The van der Waals surface area contributed by atoms with Crippen molar-refractivity contribution in [1.29, 1.82) is 0 Å². The van der Waals surface area contributed by atoms with E-state index in [-0.39, 0.29) is 22.5 Å². The highest BCUT2D eigenvalue weighted by Gasteiger charge is 2.36. The van der Waals surface area contributed by atoms with Crippen molar-refractivity contribution in [3.8, 4) is 0 Å². The molecule has 8 heteroatoms. The van der Waals surface area contributed by atoms with Gasteiger partial charge in [0.2, 0.25) is 5.91 Å². The molecule has 2 aromatic carbocycles. The van der Waals surface area contributed by atoms with Gasteiger partial charge in [-0.1, -0.05) is 18.2 Å². The largest absolute Gasteiger partial charge is 0.319 e. The van der Waals surface area contributed by atoms with Crippen LogP contribution in [-0.2, 0) is 4.79 Å². The summed E-state index contributed by atoms with van der Waals surface area (Å²) in [7, 11) is 0. The van der Waals surface area contributed by atoms with Gasteiger partial charge in [0, 0.05) is 6.07 Å². The number of imide groups is 1. The Morgan fingerprint density at radius 2 is 1.72 bits per heavy atom. The van der Waals surface area contributed by atoms with E-state index in [1.807, 2.05) is 0 Å². The quantitative estimate of drug-likeness (QED) is 0.521. The van der Waals surface area contributed by atoms with Crippen molar-refractivity contribution in [3.05, 3.63) is 69.3 Å². The van der Waals surface area contributed by atoms with Crippen molar-refractivity contribution in [2.75, 3.05) is 11.9 Å². The summed E-state index contributed by atoms with van der Waals surface area (Å²) < 4.78 is 0.